The van der Waals surface area contributed by atoms with Gasteiger partial charge in [-0.05, 0) is 0 Å². The summed E-state index contributed by atoms with van der Waals surface area (Å²) in [6, 6.07) is 1.70. The number of imidazole rings is 1. The van der Waals surface area contributed by atoms with E-state index in [2.05, 4.69) is 24.8 Å². The fourth-order valence-electron chi connectivity index (χ4n) is 2.55. The van der Waals surface area contributed by atoms with Crippen LogP contribution in [0.4, 0.5) is 14.7 Å². The fraction of sp³-hybridized carbons (Fsp3) is 0.500. The Morgan fingerprint density at radius 3 is 2.65 bits per heavy atom. The van der Waals surface area contributed by atoms with E-state index in [1.165, 1.54) is 12.4 Å². The van der Waals surface area contributed by atoms with Gasteiger partial charge in [0.2, 0.25) is 11.8 Å². The van der Waals surface area contributed by atoms with Gasteiger partial charge in [0, 0.05) is 50.8 Å². The van der Waals surface area contributed by atoms with Crippen molar-refractivity contribution in [3.05, 3.63) is 30.5 Å². The number of piperazine rings is 1. The first-order valence-electron chi connectivity index (χ1n) is 7.31. The molecular weight excluding hydrogens is 306 g/mol. The summed E-state index contributed by atoms with van der Waals surface area (Å²) in [5, 5.41) is 0. The molecule has 0 atom stereocenters. The Morgan fingerprint density at radius 2 is 1.96 bits per heavy atom. The van der Waals surface area contributed by atoms with Crippen molar-refractivity contribution >= 4 is 5.95 Å². The van der Waals surface area contributed by atoms with Crippen LogP contribution in [0.5, 0.6) is 5.88 Å². The Bertz CT molecular complexity index is 642. The molecule has 3 heterocycles. The molecule has 9 heteroatoms. The van der Waals surface area contributed by atoms with Crippen LogP contribution in [0.1, 0.15) is 12.4 Å². The van der Waals surface area contributed by atoms with Gasteiger partial charge in [0.1, 0.15) is 5.82 Å². The third-order valence-electron chi connectivity index (χ3n) is 3.81. The van der Waals surface area contributed by atoms with Crippen LogP contribution in [0.3, 0.4) is 0 Å². The summed E-state index contributed by atoms with van der Waals surface area (Å²) in [5.74, 6) is 1.53. The number of hydrogen-bond acceptors (Lipinski definition) is 6. The summed E-state index contributed by atoms with van der Waals surface area (Å²) < 4.78 is 31.7. The number of ether oxygens (including phenoxy) is 1. The van der Waals surface area contributed by atoms with Crippen molar-refractivity contribution < 1.29 is 13.5 Å². The highest BCUT2D eigenvalue weighted by Gasteiger charge is 2.21. The summed E-state index contributed by atoms with van der Waals surface area (Å²) in [7, 11) is 1.56. The molecule has 1 aliphatic heterocycles. The van der Waals surface area contributed by atoms with Crippen LogP contribution in [0.25, 0.3) is 0 Å². The van der Waals surface area contributed by atoms with E-state index in [-0.39, 0.29) is 0 Å². The standard InChI is InChI=1S/C14H18F2N6O/c1-23-12-2-3-18-14(19-12)21-8-6-20(7-9-21)10-11-17-4-5-22(11)13(15)16/h2-5,13H,6-10H2,1H3. The third kappa shape index (κ3) is 3.55. The smallest absolute Gasteiger partial charge is 0.319 e. The van der Waals surface area contributed by atoms with Crippen LogP contribution in [0, 0.1) is 0 Å². The molecule has 0 unspecified atom stereocenters. The topological polar surface area (TPSA) is 59.3 Å². The van der Waals surface area contributed by atoms with Crippen molar-refractivity contribution in [3.63, 3.8) is 0 Å². The van der Waals surface area contributed by atoms with Crippen molar-refractivity contribution in [3.8, 4) is 5.88 Å². The van der Waals surface area contributed by atoms with Gasteiger partial charge in [-0.25, -0.2) is 9.97 Å². The molecule has 3 rings (SSSR count). The van der Waals surface area contributed by atoms with Gasteiger partial charge in [-0.15, -0.1) is 0 Å². The molecule has 0 bridgehead atoms. The molecule has 2 aromatic rings. The van der Waals surface area contributed by atoms with Crippen LogP contribution in [-0.4, -0.2) is 57.7 Å². The number of hydrogen-bond donors (Lipinski definition) is 0. The molecule has 0 saturated carbocycles. The molecule has 0 spiro atoms. The number of alkyl halides is 2. The van der Waals surface area contributed by atoms with Crippen molar-refractivity contribution in [1.82, 2.24) is 24.4 Å². The van der Waals surface area contributed by atoms with Crippen molar-refractivity contribution in [2.75, 3.05) is 38.2 Å². The molecule has 0 aliphatic carbocycles. The van der Waals surface area contributed by atoms with Gasteiger partial charge in [0.25, 0.3) is 0 Å². The highest BCUT2D eigenvalue weighted by atomic mass is 19.3. The minimum atomic E-state index is -2.56. The van der Waals surface area contributed by atoms with Gasteiger partial charge >= 0.3 is 6.55 Å². The molecule has 1 fully saturated rings. The summed E-state index contributed by atoms with van der Waals surface area (Å²) >= 11 is 0. The predicted octanol–water partition coefficient (Wildman–Crippen LogP) is 1.40. The number of methoxy groups -OCH3 is 1. The minimum Gasteiger partial charge on any atom is -0.481 e. The van der Waals surface area contributed by atoms with Crippen molar-refractivity contribution in [2.45, 2.75) is 13.1 Å². The molecular formula is C14H18F2N6O. The number of nitrogens with zero attached hydrogens (tertiary/aromatic N) is 6. The Kier molecular flexibility index (Phi) is 4.65. The van der Waals surface area contributed by atoms with Gasteiger partial charge in [-0.2, -0.15) is 13.8 Å². The van der Waals surface area contributed by atoms with Crippen LogP contribution < -0.4 is 9.64 Å². The fourth-order valence-corrected chi connectivity index (χ4v) is 2.55. The van der Waals surface area contributed by atoms with Crippen LogP contribution in [-0.2, 0) is 6.54 Å². The van der Waals surface area contributed by atoms with Gasteiger partial charge in [0.05, 0.1) is 13.7 Å². The summed E-state index contributed by atoms with van der Waals surface area (Å²) in [5.41, 5.74) is 0. The first-order chi connectivity index (χ1) is 11.2. The van der Waals surface area contributed by atoms with Crippen LogP contribution in [0.2, 0.25) is 0 Å². The van der Waals surface area contributed by atoms with Gasteiger partial charge in [-0.1, -0.05) is 0 Å². The maximum atomic E-state index is 12.8. The van der Waals surface area contributed by atoms with Gasteiger partial charge in [0.15, 0.2) is 0 Å². The molecule has 1 saturated heterocycles. The predicted molar refractivity (Wildman–Crippen MR) is 79.6 cm³/mol. The molecule has 0 aromatic carbocycles. The van der Waals surface area contributed by atoms with Crippen molar-refractivity contribution in [2.24, 2.45) is 0 Å². The molecule has 0 amide bonds. The van der Waals surface area contributed by atoms with Crippen LogP contribution >= 0.6 is 0 Å². The first kappa shape index (κ1) is 15.6. The first-order valence-corrected chi connectivity index (χ1v) is 7.31. The second kappa shape index (κ2) is 6.86. The lowest BCUT2D eigenvalue weighted by atomic mass is 10.3. The van der Waals surface area contributed by atoms with Gasteiger partial charge in [-0.3, -0.25) is 9.47 Å². The normalized spacial score (nSPS) is 16.1. The maximum absolute atomic E-state index is 12.8. The van der Waals surface area contributed by atoms with E-state index in [0.29, 0.717) is 24.2 Å². The third-order valence-corrected chi connectivity index (χ3v) is 3.81. The molecule has 124 valence electrons. The molecule has 2 aromatic heterocycles. The van der Waals surface area contributed by atoms with E-state index in [0.717, 1.165) is 30.7 Å². The average molecular weight is 324 g/mol. The van der Waals surface area contributed by atoms with E-state index in [1.54, 1.807) is 19.4 Å². The second-order valence-electron chi connectivity index (χ2n) is 5.19. The summed E-state index contributed by atoms with van der Waals surface area (Å²) in [4.78, 5) is 16.7. The Labute approximate surface area is 132 Å². The zero-order chi connectivity index (χ0) is 16.2. The minimum absolute atomic E-state index is 0.381. The van der Waals surface area contributed by atoms with E-state index in [9.17, 15) is 8.78 Å². The second-order valence-corrected chi connectivity index (χ2v) is 5.19. The molecule has 1 aliphatic rings. The zero-order valence-corrected chi connectivity index (χ0v) is 12.8. The molecule has 23 heavy (non-hydrogen) atoms. The van der Waals surface area contributed by atoms with E-state index < -0.39 is 6.55 Å². The van der Waals surface area contributed by atoms with E-state index >= 15 is 0 Å². The lowest BCUT2D eigenvalue weighted by Gasteiger charge is -2.34. The Hall–Kier alpha value is -2.29. The lowest BCUT2D eigenvalue weighted by molar-refractivity contribution is 0.0636. The molecule has 0 N–H and O–H groups in total. The zero-order valence-electron chi connectivity index (χ0n) is 12.8. The largest absolute Gasteiger partial charge is 0.481 e. The number of halogens is 2. The Morgan fingerprint density at radius 1 is 1.17 bits per heavy atom. The number of rotatable bonds is 5. The highest BCUT2D eigenvalue weighted by molar-refractivity contribution is 5.32. The summed E-state index contributed by atoms with van der Waals surface area (Å²) in [6.45, 7) is 0.766. The number of anilines is 1. The monoisotopic (exact) mass is 324 g/mol. The summed E-state index contributed by atoms with van der Waals surface area (Å²) in [6.07, 6.45) is 4.37. The number of aromatic nitrogens is 4. The molecule has 0 radical (unpaired) electrons. The maximum Gasteiger partial charge on any atom is 0.319 e. The van der Waals surface area contributed by atoms with Crippen molar-refractivity contribution in [1.29, 1.82) is 0 Å². The SMILES string of the molecule is COc1ccnc(N2CCN(Cc3nccn3C(F)F)CC2)n1. The molecule has 7 nitrogen and oxygen atoms in total. The Balaban J connectivity index is 1.59. The highest BCUT2D eigenvalue weighted by Crippen LogP contribution is 2.17. The lowest BCUT2D eigenvalue weighted by Crippen LogP contribution is -2.46. The average Bonchev–Trinajstić information content (AvgIpc) is 3.04. The van der Waals surface area contributed by atoms with Crippen LogP contribution in [0.15, 0.2) is 24.7 Å². The van der Waals surface area contributed by atoms with E-state index in [1.807, 2.05) is 0 Å². The quantitative estimate of drug-likeness (QED) is 0.829. The van der Waals surface area contributed by atoms with Gasteiger partial charge < -0.3 is 9.64 Å². The van der Waals surface area contributed by atoms with E-state index in [4.69, 9.17) is 4.74 Å².